The highest BCUT2D eigenvalue weighted by molar-refractivity contribution is 7.99. The highest BCUT2D eigenvalue weighted by Gasteiger charge is 2.36. The number of aromatic amines is 1. The van der Waals surface area contributed by atoms with Crippen LogP contribution in [0.3, 0.4) is 0 Å². The van der Waals surface area contributed by atoms with Crippen LogP contribution in [0.1, 0.15) is 37.3 Å². The summed E-state index contributed by atoms with van der Waals surface area (Å²) in [5.74, 6) is 1.13. The number of nitrogens with one attached hydrogen (secondary N) is 2. The van der Waals surface area contributed by atoms with E-state index in [1.54, 1.807) is 32.2 Å². The van der Waals surface area contributed by atoms with Crippen molar-refractivity contribution >= 4 is 23.5 Å². The second kappa shape index (κ2) is 9.25. The Morgan fingerprint density at radius 3 is 2.57 bits per heavy atom. The molecule has 0 aliphatic carbocycles. The van der Waals surface area contributed by atoms with E-state index >= 15 is 0 Å². The number of allylic oxidation sites excluding steroid dienone is 1. The van der Waals surface area contributed by atoms with Crippen LogP contribution in [-0.4, -0.2) is 43.0 Å². The lowest BCUT2D eigenvalue weighted by Gasteiger charge is -2.29. The number of hydrogen-bond acceptors (Lipinski definition) is 8. The van der Waals surface area contributed by atoms with Crippen LogP contribution in [0.2, 0.25) is 0 Å². The molecule has 9 heteroatoms. The molecule has 0 radical (unpaired) electrons. The van der Waals surface area contributed by atoms with Gasteiger partial charge in [-0.05, 0) is 31.0 Å². The summed E-state index contributed by atoms with van der Waals surface area (Å²) in [5.41, 5.74) is 1.67. The highest BCUT2D eigenvalue weighted by atomic mass is 32.2. The molecule has 1 aromatic carbocycles. The zero-order valence-electron chi connectivity index (χ0n) is 17.6. The molecule has 8 nitrogen and oxygen atoms in total. The van der Waals surface area contributed by atoms with Crippen molar-refractivity contribution in [2.45, 2.75) is 31.3 Å². The number of carbonyl (C=O) groups excluding carboxylic acids is 1. The monoisotopic (exact) mass is 431 g/mol. The minimum absolute atomic E-state index is 0.306. The van der Waals surface area contributed by atoms with Gasteiger partial charge in [0, 0.05) is 11.4 Å². The van der Waals surface area contributed by atoms with Crippen molar-refractivity contribution in [1.82, 2.24) is 9.97 Å². The van der Waals surface area contributed by atoms with Crippen molar-refractivity contribution in [3.05, 3.63) is 50.9 Å². The van der Waals surface area contributed by atoms with Crippen molar-refractivity contribution in [2.75, 3.05) is 32.4 Å². The number of hydrogen-bond donors (Lipinski definition) is 2. The summed E-state index contributed by atoms with van der Waals surface area (Å²) in [5, 5.41) is 3.65. The molecule has 3 rings (SSSR count). The summed E-state index contributed by atoms with van der Waals surface area (Å²) < 4.78 is 15.8. The number of aromatic nitrogens is 2. The SMILES string of the molecule is CCCSc1nc2c(c(=O)[nH]1)C(c1ccc(OC)c(OC)c1)C(C(=O)OC)=C(C)N2. The number of nitrogens with zero attached hydrogens (tertiary/aromatic N) is 1. The van der Waals surface area contributed by atoms with Gasteiger partial charge in [0.15, 0.2) is 16.7 Å². The van der Waals surface area contributed by atoms with Gasteiger partial charge in [-0.1, -0.05) is 24.8 Å². The first kappa shape index (κ1) is 21.8. The minimum Gasteiger partial charge on any atom is -0.493 e. The number of thioether (sulfide) groups is 1. The molecule has 2 heterocycles. The average Bonchev–Trinajstić information content (AvgIpc) is 2.75. The first-order valence-corrected chi connectivity index (χ1v) is 10.5. The Bertz CT molecular complexity index is 1050. The average molecular weight is 432 g/mol. The number of H-pyrrole nitrogens is 1. The summed E-state index contributed by atoms with van der Waals surface area (Å²) >= 11 is 1.48. The predicted octanol–water partition coefficient (Wildman–Crippen LogP) is 3.29. The van der Waals surface area contributed by atoms with Gasteiger partial charge in [-0.3, -0.25) is 4.79 Å². The second-order valence-corrected chi connectivity index (χ2v) is 7.77. The van der Waals surface area contributed by atoms with Gasteiger partial charge in [-0.25, -0.2) is 9.78 Å². The zero-order valence-corrected chi connectivity index (χ0v) is 18.4. The first-order valence-electron chi connectivity index (χ1n) is 9.50. The number of rotatable bonds is 7. The molecule has 1 unspecified atom stereocenters. The molecule has 1 aliphatic heterocycles. The van der Waals surface area contributed by atoms with Crippen LogP contribution in [-0.2, 0) is 9.53 Å². The first-order chi connectivity index (χ1) is 14.4. The molecule has 0 saturated heterocycles. The third-order valence-electron chi connectivity index (χ3n) is 4.81. The summed E-state index contributed by atoms with van der Waals surface area (Å²) in [6.45, 7) is 3.83. The van der Waals surface area contributed by atoms with E-state index in [9.17, 15) is 9.59 Å². The number of fused-ring (bicyclic) bond motifs is 1. The highest BCUT2D eigenvalue weighted by Crippen LogP contribution is 2.42. The van der Waals surface area contributed by atoms with E-state index in [0.29, 0.717) is 44.9 Å². The molecule has 1 atom stereocenters. The van der Waals surface area contributed by atoms with E-state index in [4.69, 9.17) is 14.2 Å². The van der Waals surface area contributed by atoms with Crippen LogP contribution in [0.5, 0.6) is 11.5 Å². The van der Waals surface area contributed by atoms with Gasteiger partial charge in [-0.15, -0.1) is 0 Å². The van der Waals surface area contributed by atoms with Gasteiger partial charge in [-0.2, -0.15) is 0 Å². The summed E-state index contributed by atoms with van der Waals surface area (Å²) in [7, 11) is 4.40. The fourth-order valence-electron chi connectivity index (χ4n) is 3.44. The second-order valence-electron chi connectivity index (χ2n) is 6.68. The largest absolute Gasteiger partial charge is 0.493 e. The number of esters is 1. The molecule has 1 aliphatic rings. The lowest BCUT2D eigenvalue weighted by molar-refractivity contribution is -0.136. The lowest BCUT2D eigenvalue weighted by atomic mass is 9.82. The standard InChI is InChI=1S/C21H25N3O5S/c1-6-9-30-21-23-18-17(19(25)24-21)16(15(11(2)22-18)20(26)29-5)12-7-8-13(27-3)14(10-12)28-4/h7-8,10,16H,6,9H2,1-5H3,(H2,22,23,24,25). The number of anilines is 1. The van der Waals surface area contributed by atoms with Gasteiger partial charge < -0.3 is 24.5 Å². The maximum atomic E-state index is 13.1. The van der Waals surface area contributed by atoms with Gasteiger partial charge in [0.05, 0.1) is 38.4 Å². The molecule has 0 amide bonds. The predicted molar refractivity (Wildman–Crippen MR) is 116 cm³/mol. The maximum Gasteiger partial charge on any atom is 0.336 e. The molecule has 30 heavy (non-hydrogen) atoms. The summed E-state index contributed by atoms with van der Waals surface area (Å²) in [6.07, 6.45) is 0.957. The number of benzene rings is 1. The Morgan fingerprint density at radius 1 is 1.20 bits per heavy atom. The fraction of sp³-hybridized carbons (Fsp3) is 0.381. The van der Waals surface area contributed by atoms with E-state index in [1.165, 1.54) is 26.0 Å². The lowest BCUT2D eigenvalue weighted by Crippen LogP contribution is -2.31. The Morgan fingerprint density at radius 2 is 1.93 bits per heavy atom. The zero-order chi connectivity index (χ0) is 21.8. The Balaban J connectivity index is 2.23. The fourth-order valence-corrected chi connectivity index (χ4v) is 4.16. The number of ether oxygens (including phenoxy) is 3. The topological polar surface area (TPSA) is 103 Å². The molecule has 0 spiro atoms. The van der Waals surface area contributed by atoms with Gasteiger partial charge >= 0.3 is 5.97 Å². The van der Waals surface area contributed by atoms with Crippen LogP contribution >= 0.6 is 11.8 Å². The van der Waals surface area contributed by atoms with E-state index in [2.05, 4.69) is 22.2 Å². The van der Waals surface area contributed by atoms with Crippen LogP contribution in [0.25, 0.3) is 0 Å². The van der Waals surface area contributed by atoms with E-state index in [1.807, 2.05) is 0 Å². The van der Waals surface area contributed by atoms with Gasteiger partial charge in [0.1, 0.15) is 5.82 Å². The van der Waals surface area contributed by atoms with E-state index < -0.39 is 11.9 Å². The van der Waals surface area contributed by atoms with Crippen LogP contribution in [0.15, 0.2) is 39.4 Å². The van der Waals surface area contributed by atoms with Gasteiger partial charge in [0.25, 0.3) is 5.56 Å². The molecule has 0 fully saturated rings. The maximum absolute atomic E-state index is 13.1. The van der Waals surface area contributed by atoms with Crippen LogP contribution in [0.4, 0.5) is 5.82 Å². The molecule has 160 valence electrons. The van der Waals surface area contributed by atoms with E-state index in [-0.39, 0.29) is 5.56 Å². The molecule has 2 N–H and O–H groups in total. The van der Waals surface area contributed by atoms with Crippen molar-refractivity contribution in [1.29, 1.82) is 0 Å². The van der Waals surface area contributed by atoms with Crippen molar-refractivity contribution in [3.8, 4) is 11.5 Å². The van der Waals surface area contributed by atoms with Crippen LogP contribution in [0, 0.1) is 0 Å². The Labute approximate surface area is 179 Å². The smallest absolute Gasteiger partial charge is 0.336 e. The number of methoxy groups -OCH3 is 3. The number of carbonyl (C=O) groups is 1. The summed E-state index contributed by atoms with van der Waals surface area (Å²) in [6, 6.07) is 5.30. The van der Waals surface area contributed by atoms with Crippen LogP contribution < -0.4 is 20.3 Å². The van der Waals surface area contributed by atoms with Crippen molar-refractivity contribution in [3.63, 3.8) is 0 Å². The third kappa shape index (κ3) is 4.02. The minimum atomic E-state index is -0.671. The Hall–Kier alpha value is -2.94. The van der Waals surface area contributed by atoms with E-state index in [0.717, 1.165) is 12.2 Å². The quantitative estimate of drug-likeness (QED) is 0.391. The third-order valence-corrected chi connectivity index (χ3v) is 5.89. The molecule has 2 aromatic rings. The Kier molecular flexibility index (Phi) is 6.71. The molecule has 0 bridgehead atoms. The van der Waals surface area contributed by atoms with Crippen molar-refractivity contribution in [2.24, 2.45) is 0 Å². The normalized spacial score (nSPS) is 15.3. The molecular weight excluding hydrogens is 406 g/mol. The van der Waals surface area contributed by atoms with Gasteiger partial charge in [0.2, 0.25) is 0 Å². The molecule has 0 saturated carbocycles. The summed E-state index contributed by atoms with van der Waals surface area (Å²) in [4.78, 5) is 33.2. The van der Waals surface area contributed by atoms with Crippen molar-refractivity contribution < 1.29 is 19.0 Å². The molecular formula is C21H25N3O5S. The molecule has 1 aromatic heterocycles.